The van der Waals surface area contributed by atoms with Crippen LogP contribution in [0.5, 0.6) is 0 Å². The summed E-state index contributed by atoms with van der Waals surface area (Å²) in [5, 5.41) is 4.50. The Balaban J connectivity index is 1.34. The molecule has 0 amide bonds. The summed E-state index contributed by atoms with van der Waals surface area (Å²) in [7, 11) is 0. The van der Waals surface area contributed by atoms with E-state index >= 15 is 0 Å². The Labute approximate surface area is 200 Å². The molecular weight excluding hydrogens is 451 g/mol. The number of nitrogens with one attached hydrogen (secondary N) is 2. The molecule has 7 rings (SSSR count). The number of morpholine rings is 1. The molecule has 176 valence electrons. The minimum atomic E-state index is -0.290. The predicted octanol–water partition coefficient (Wildman–Crippen LogP) is 3.75. The van der Waals surface area contributed by atoms with Gasteiger partial charge in [-0.05, 0) is 37.1 Å². The molecule has 0 spiro atoms. The van der Waals surface area contributed by atoms with Gasteiger partial charge in [0.2, 0.25) is 0 Å². The Kier molecular flexibility index (Phi) is 5.05. The minimum Gasteiger partial charge on any atom is -0.378 e. The van der Waals surface area contributed by atoms with Crippen LogP contribution in [-0.2, 0) is 11.3 Å². The zero-order valence-electron chi connectivity index (χ0n) is 18.9. The fourth-order valence-corrected chi connectivity index (χ4v) is 6.90. The first-order chi connectivity index (χ1) is 16.7. The molecule has 0 aliphatic carbocycles. The standard InChI is InChI=1S/C25H27FN6OS/c26-15-9-20(19-3-4-28-21(19)10-15)24-29-22-11-18(14-32-16-1-2-17(32)13-27-12-16)34-23(22)25(30-24)31-5-7-33-8-6-31/h3-4,9-11,16-17,27-28H,1-2,5-8,12-14H2. The molecular formula is C25H27FN6OS. The number of aromatic amines is 1. The van der Waals surface area contributed by atoms with Crippen molar-refractivity contribution < 1.29 is 9.13 Å². The summed E-state index contributed by atoms with van der Waals surface area (Å²) in [5.41, 5.74) is 2.43. The van der Waals surface area contributed by atoms with E-state index in [4.69, 9.17) is 14.7 Å². The number of hydrogen-bond acceptors (Lipinski definition) is 7. The van der Waals surface area contributed by atoms with Crippen LogP contribution in [0.3, 0.4) is 0 Å². The SMILES string of the molecule is Fc1cc(-c2nc(N3CCOCC3)c3sc(CN4C5CCC4CNC5)cc3n2)c2cc[nH]c2c1. The van der Waals surface area contributed by atoms with Crippen molar-refractivity contribution in [2.75, 3.05) is 44.3 Å². The maximum atomic E-state index is 14.5. The van der Waals surface area contributed by atoms with E-state index in [1.165, 1.54) is 23.8 Å². The molecule has 3 aliphatic heterocycles. The van der Waals surface area contributed by atoms with Crippen LogP contribution in [-0.4, -0.2) is 71.3 Å². The van der Waals surface area contributed by atoms with E-state index in [1.54, 1.807) is 17.4 Å². The van der Waals surface area contributed by atoms with E-state index in [9.17, 15) is 4.39 Å². The number of anilines is 1. The average molecular weight is 479 g/mol. The first-order valence-electron chi connectivity index (χ1n) is 12.1. The highest BCUT2D eigenvalue weighted by Crippen LogP contribution is 2.38. The summed E-state index contributed by atoms with van der Waals surface area (Å²) in [6, 6.07) is 8.50. The third-order valence-corrected chi connectivity index (χ3v) is 8.56. The molecule has 2 N–H and O–H groups in total. The van der Waals surface area contributed by atoms with Gasteiger partial charge in [0.15, 0.2) is 11.6 Å². The van der Waals surface area contributed by atoms with E-state index < -0.39 is 0 Å². The Morgan fingerprint density at radius 3 is 2.74 bits per heavy atom. The largest absolute Gasteiger partial charge is 0.378 e. The van der Waals surface area contributed by atoms with Gasteiger partial charge in [-0.25, -0.2) is 14.4 Å². The summed E-state index contributed by atoms with van der Waals surface area (Å²) >= 11 is 1.81. The minimum absolute atomic E-state index is 0.290. The highest BCUT2D eigenvalue weighted by atomic mass is 32.1. The van der Waals surface area contributed by atoms with Crippen molar-refractivity contribution in [3.05, 3.63) is 41.2 Å². The molecule has 0 radical (unpaired) electrons. The van der Waals surface area contributed by atoms with E-state index in [2.05, 4.69) is 26.2 Å². The molecule has 1 aromatic carbocycles. The summed E-state index contributed by atoms with van der Waals surface area (Å²) < 4.78 is 21.2. The molecule has 0 saturated carbocycles. The van der Waals surface area contributed by atoms with Gasteiger partial charge in [-0.2, -0.15) is 0 Å². The molecule has 9 heteroatoms. The number of thiophene rings is 1. The Morgan fingerprint density at radius 2 is 1.91 bits per heavy atom. The molecule has 3 saturated heterocycles. The van der Waals surface area contributed by atoms with Crippen molar-refractivity contribution in [1.82, 2.24) is 25.2 Å². The summed E-state index contributed by atoms with van der Waals surface area (Å²) in [4.78, 5) is 19.4. The van der Waals surface area contributed by atoms with Crippen LogP contribution in [0.15, 0.2) is 30.5 Å². The highest BCUT2D eigenvalue weighted by Gasteiger charge is 2.36. The number of halogens is 1. The van der Waals surface area contributed by atoms with Crippen LogP contribution in [0.4, 0.5) is 10.2 Å². The first-order valence-corrected chi connectivity index (χ1v) is 12.9. The Morgan fingerprint density at radius 1 is 1.09 bits per heavy atom. The predicted molar refractivity (Wildman–Crippen MR) is 133 cm³/mol. The van der Waals surface area contributed by atoms with Crippen molar-refractivity contribution in [3.8, 4) is 11.4 Å². The second kappa shape index (κ2) is 8.27. The van der Waals surface area contributed by atoms with Gasteiger partial charge in [0.25, 0.3) is 0 Å². The number of ether oxygens (including phenoxy) is 1. The molecule has 3 aliphatic rings. The molecule has 2 atom stereocenters. The van der Waals surface area contributed by atoms with Gasteiger partial charge in [-0.15, -0.1) is 11.3 Å². The van der Waals surface area contributed by atoms with Gasteiger partial charge in [0.1, 0.15) is 5.82 Å². The Bertz CT molecular complexity index is 1350. The van der Waals surface area contributed by atoms with Crippen LogP contribution in [0, 0.1) is 5.82 Å². The smallest absolute Gasteiger partial charge is 0.163 e. The number of nitrogens with zero attached hydrogens (tertiary/aromatic N) is 4. The molecule has 3 fully saturated rings. The number of fused-ring (bicyclic) bond motifs is 4. The van der Waals surface area contributed by atoms with Crippen LogP contribution in [0.25, 0.3) is 32.5 Å². The molecule has 2 bridgehead atoms. The van der Waals surface area contributed by atoms with Crippen molar-refractivity contribution in [2.45, 2.75) is 31.5 Å². The number of hydrogen-bond donors (Lipinski definition) is 2. The molecule has 4 aromatic rings. The lowest BCUT2D eigenvalue weighted by atomic mass is 10.1. The van der Waals surface area contributed by atoms with Gasteiger partial charge < -0.3 is 19.9 Å². The summed E-state index contributed by atoms with van der Waals surface area (Å²) in [6.45, 7) is 6.08. The fraction of sp³-hybridized carbons (Fsp3) is 0.440. The lowest BCUT2D eigenvalue weighted by molar-refractivity contribution is 0.122. The topological polar surface area (TPSA) is 69.3 Å². The maximum absolute atomic E-state index is 14.5. The number of H-pyrrole nitrogens is 1. The molecule has 6 heterocycles. The van der Waals surface area contributed by atoms with Gasteiger partial charge in [0, 0.05) is 72.3 Å². The second-order valence-electron chi connectivity index (χ2n) is 9.51. The number of benzene rings is 1. The van der Waals surface area contributed by atoms with E-state index in [-0.39, 0.29) is 5.82 Å². The highest BCUT2D eigenvalue weighted by molar-refractivity contribution is 7.19. The average Bonchev–Trinajstić information content (AvgIpc) is 3.53. The zero-order valence-corrected chi connectivity index (χ0v) is 19.7. The van der Waals surface area contributed by atoms with Gasteiger partial charge in [0.05, 0.1) is 23.4 Å². The zero-order chi connectivity index (χ0) is 22.6. The van der Waals surface area contributed by atoms with E-state index in [0.717, 1.165) is 65.2 Å². The fourth-order valence-electron chi connectivity index (χ4n) is 5.78. The van der Waals surface area contributed by atoms with Crippen molar-refractivity contribution in [3.63, 3.8) is 0 Å². The quantitative estimate of drug-likeness (QED) is 0.466. The van der Waals surface area contributed by atoms with Crippen LogP contribution in [0.2, 0.25) is 0 Å². The molecule has 7 nitrogen and oxygen atoms in total. The number of aromatic nitrogens is 3. The lowest BCUT2D eigenvalue weighted by Crippen LogP contribution is -2.51. The van der Waals surface area contributed by atoms with Crippen LogP contribution in [0.1, 0.15) is 17.7 Å². The Hall–Kier alpha value is -2.59. The number of rotatable bonds is 4. The second-order valence-corrected chi connectivity index (χ2v) is 10.6. The van der Waals surface area contributed by atoms with Gasteiger partial charge in [-0.3, -0.25) is 4.90 Å². The monoisotopic (exact) mass is 478 g/mol. The van der Waals surface area contributed by atoms with Gasteiger partial charge in [-0.1, -0.05) is 0 Å². The van der Waals surface area contributed by atoms with Crippen molar-refractivity contribution in [1.29, 1.82) is 0 Å². The molecule has 3 aromatic heterocycles. The van der Waals surface area contributed by atoms with E-state index in [1.807, 2.05) is 12.3 Å². The third-order valence-electron chi connectivity index (χ3n) is 7.46. The van der Waals surface area contributed by atoms with Crippen LogP contribution >= 0.6 is 11.3 Å². The summed E-state index contributed by atoms with van der Waals surface area (Å²) in [5.74, 6) is 1.22. The maximum Gasteiger partial charge on any atom is 0.163 e. The third kappa shape index (κ3) is 3.50. The van der Waals surface area contributed by atoms with E-state index in [0.29, 0.717) is 31.1 Å². The van der Waals surface area contributed by atoms with Crippen molar-refractivity contribution in [2.24, 2.45) is 0 Å². The normalized spacial score (nSPS) is 23.4. The molecule has 34 heavy (non-hydrogen) atoms. The number of piperazine rings is 1. The van der Waals surface area contributed by atoms with Gasteiger partial charge >= 0.3 is 0 Å². The summed E-state index contributed by atoms with van der Waals surface area (Å²) in [6.07, 6.45) is 4.38. The first kappa shape index (κ1) is 20.8. The lowest BCUT2D eigenvalue weighted by Gasteiger charge is -2.34. The van der Waals surface area contributed by atoms with Crippen LogP contribution < -0.4 is 10.2 Å². The van der Waals surface area contributed by atoms with Crippen molar-refractivity contribution >= 4 is 38.3 Å². The molecule has 2 unspecified atom stereocenters.